The molecule has 236 valence electrons. The van der Waals surface area contributed by atoms with Crippen LogP contribution in [0.2, 0.25) is 0 Å². The summed E-state index contributed by atoms with van der Waals surface area (Å²) in [4.78, 5) is 53.9. The Labute approximate surface area is 253 Å². The van der Waals surface area contributed by atoms with Gasteiger partial charge in [-0.1, -0.05) is 6.07 Å². The highest BCUT2D eigenvalue weighted by Crippen LogP contribution is 2.58. The highest BCUT2D eigenvalue weighted by molar-refractivity contribution is 6.03. The number of carbonyl (C=O) groups excluding carboxylic acids is 4. The van der Waals surface area contributed by atoms with E-state index in [9.17, 15) is 19.2 Å². The number of piperidine rings is 1. The molecule has 11 nitrogen and oxygen atoms in total. The second kappa shape index (κ2) is 12.3. The molecule has 3 fully saturated rings. The maximum Gasteiger partial charge on any atom is 0.410 e. The lowest BCUT2D eigenvalue weighted by Crippen LogP contribution is -2.49. The molecule has 1 aromatic carbocycles. The lowest BCUT2D eigenvalue weighted by Gasteiger charge is -2.38. The van der Waals surface area contributed by atoms with Crippen molar-refractivity contribution in [2.75, 3.05) is 33.9 Å². The Hall–Kier alpha value is -3.34. The van der Waals surface area contributed by atoms with E-state index in [1.807, 2.05) is 32.9 Å². The normalized spacial score (nSPS) is 23.3. The van der Waals surface area contributed by atoms with E-state index >= 15 is 0 Å². The van der Waals surface area contributed by atoms with Gasteiger partial charge in [0.2, 0.25) is 0 Å². The van der Waals surface area contributed by atoms with Crippen molar-refractivity contribution in [2.45, 2.75) is 101 Å². The van der Waals surface area contributed by atoms with E-state index in [0.717, 1.165) is 63.7 Å². The van der Waals surface area contributed by atoms with Gasteiger partial charge in [-0.15, -0.1) is 0 Å². The zero-order valence-corrected chi connectivity index (χ0v) is 26.0. The smallest absolute Gasteiger partial charge is 0.410 e. The molecular weight excluding hydrogens is 554 g/mol. The fraction of sp³-hybridized carbons (Fsp3) is 0.688. The summed E-state index contributed by atoms with van der Waals surface area (Å²) in [6.07, 6.45) is 5.20. The zero-order chi connectivity index (χ0) is 30.9. The maximum absolute atomic E-state index is 13.7. The summed E-state index contributed by atoms with van der Waals surface area (Å²) in [6.45, 7) is 8.02. The third-order valence-electron chi connectivity index (χ3n) is 9.12. The quantitative estimate of drug-likeness (QED) is 0.316. The number of nitrogens with zero attached hydrogens (tertiary/aromatic N) is 2. The minimum Gasteiger partial charge on any atom is -0.490 e. The predicted molar refractivity (Wildman–Crippen MR) is 157 cm³/mol. The van der Waals surface area contributed by atoms with Gasteiger partial charge in [0.25, 0.3) is 5.91 Å². The summed E-state index contributed by atoms with van der Waals surface area (Å²) in [5.41, 5.74) is 0.443. The molecule has 1 atom stereocenters. The molecule has 5 rings (SSSR count). The van der Waals surface area contributed by atoms with Crippen molar-refractivity contribution in [1.29, 1.82) is 0 Å². The van der Waals surface area contributed by atoms with E-state index in [2.05, 4.69) is 5.32 Å². The molecule has 1 saturated heterocycles. The Morgan fingerprint density at radius 1 is 1.07 bits per heavy atom. The van der Waals surface area contributed by atoms with Crippen molar-refractivity contribution < 1.29 is 38.1 Å². The van der Waals surface area contributed by atoms with Crippen molar-refractivity contribution in [3.05, 3.63) is 29.3 Å². The summed E-state index contributed by atoms with van der Waals surface area (Å²) in [5, 5.41) is 3.66. The molecule has 2 heterocycles. The highest BCUT2D eigenvalue weighted by Gasteiger charge is 2.61. The van der Waals surface area contributed by atoms with Crippen LogP contribution < -0.4 is 10.1 Å². The average Bonchev–Trinajstić information content (AvgIpc) is 3.71. The summed E-state index contributed by atoms with van der Waals surface area (Å²) in [5.74, 6) is -0.0265. The van der Waals surface area contributed by atoms with Crippen molar-refractivity contribution in [2.24, 2.45) is 5.92 Å². The number of rotatable bonds is 10. The van der Waals surface area contributed by atoms with Gasteiger partial charge in [0.05, 0.1) is 19.8 Å². The van der Waals surface area contributed by atoms with E-state index in [-0.39, 0.29) is 30.9 Å². The minimum atomic E-state index is -0.862. The van der Waals surface area contributed by atoms with Crippen LogP contribution in [0.4, 0.5) is 4.79 Å². The fourth-order valence-corrected chi connectivity index (χ4v) is 6.55. The maximum atomic E-state index is 13.7. The summed E-state index contributed by atoms with van der Waals surface area (Å²) in [6, 6.07) is 5.18. The predicted octanol–water partition coefficient (Wildman–Crippen LogP) is 3.77. The summed E-state index contributed by atoms with van der Waals surface area (Å²) < 4.78 is 21.5. The SMILES string of the molecule is COC(=O)CCC(C(=O)OC)N1C(=O)c2cc(O[C@H]3C[C@H](NCC4CCN(C(=O)OC(C)(C)C)CC4)C3)ccc2C12CC2. The van der Waals surface area contributed by atoms with Gasteiger partial charge in [0, 0.05) is 31.1 Å². The first-order valence-electron chi connectivity index (χ1n) is 15.4. The Morgan fingerprint density at radius 3 is 2.37 bits per heavy atom. The lowest BCUT2D eigenvalue weighted by molar-refractivity contribution is -0.148. The van der Waals surface area contributed by atoms with Crippen LogP contribution >= 0.6 is 0 Å². The number of hydrogen-bond acceptors (Lipinski definition) is 9. The molecule has 0 bridgehead atoms. The van der Waals surface area contributed by atoms with Crippen molar-refractivity contribution in [3.63, 3.8) is 0 Å². The van der Waals surface area contributed by atoms with E-state index in [1.165, 1.54) is 14.2 Å². The molecule has 0 aromatic heterocycles. The number of methoxy groups -OCH3 is 2. The number of carbonyl (C=O) groups is 4. The van der Waals surface area contributed by atoms with E-state index < -0.39 is 29.1 Å². The Bertz CT molecular complexity index is 1230. The zero-order valence-electron chi connectivity index (χ0n) is 26.0. The third-order valence-corrected chi connectivity index (χ3v) is 9.12. The van der Waals surface area contributed by atoms with E-state index in [1.54, 1.807) is 15.9 Å². The number of benzene rings is 1. The summed E-state index contributed by atoms with van der Waals surface area (Å²) >= 11 is 0. The third kappa shape index (κ3) is 6.76. The molecule has 1 N–H and O–H groups in total. The molecule has 2 amide bonds. The first kappa shape index (κ1) is 31.1. The van der Waals surface area contributed by atoms with Gasteiger partial charge in [-0.05, 0) is 95.9 Å². The van der Waals surface area contributed by atoms with Crippen molar-refractivity contribution >= 4 is 23.9 Å². The van der Waals surface area contributed by atoms with Crippen LogP contribution in [0.3, 0.4) is 0 Å². The average molecular weight is 600 g/mol. The number of amides is 2. The van der Waals surface area contributed by atoms with E-state index in [0.29, 0.717) is 23.3 Å². The van der Waals surface area contributed by atoms with Crippen LogP contribution in [0.5, 0.6) is 5.75 Å². The van der Waals surface area contributed by atoms with Crippen LogP contribution in [-0.2, 0) is 29.3 Å². The molecule has 2 saturated carbocycles. The van der Waals surface area contributed by atoms with Crippen LogP contribution in [0, 0.1) is 5.92 Å². The Balaban J connectivity index is 1.10. The van der Waals surface area contributed by atoms with E-state index in [4.69, 9.17) is 18.9 Å². The molecule has 11 heteroatoms. The molecule has 1 unspecified atom stereocenters. The first-order valence-corrected chi connectivity index (χ1v) is 15.4. The van der Waals surface area contributed by atoms with Crippen molar-refractivity contribution in [1.82, 2.24) is 15.1 Å². The molecule has 0 radical (unpaired) electrons. The molecule has 2 aliphatic heterocycles. The number of hydrogen-bond donors (Lipinski definition) is 1. The van der Waals surface area contributed by atoms with Gasteiger partial charge in [0.15, 0.2) is 0 Å². The number of ether oxygens (including phenoxy) is 4. The fourth-order valence-electron chi connectivity index (χ4n) is 6.55. The van der Waals surface area contributed by atoms with Crippen LogP contribution in [0.25, 0.3) is 0 Å². The minimum absolute atomic E-state index is 0.0169. The molecular formula is C32H45N3O8. The number of esters is 2. The highest BCUT2D eigenvalue weighted by atomic mass is 16.6. The molecule has 4 aliphatic rings. The number of fused-ring (bicyclic) bond motifs is 2. The van der Waals surface area contributed by atoms with Gasteiger partial charge in [-0.2, -0.15) is 0 Å². The first-order chi connectivity index (χ1) is 20.4. The molecule has 1 aromatic rings. The topological polar surface area (TPSA) is 124 Å². The second-order valence-corrected chi connectivity index (χ2v) is 13.3. The second-order valence-electron chi connectivity index (χ2n) is 13.3. The van der Waals surface area contributed by atoms with Gasteiger partial charge in [-0.25, -0.2) is 9.59 Å². The van der Waals surface area contributed by atoms with Gasteiger partial charge >= 0.3 is 18.0 Å². The van der Waals surface area contributed by atoms with Gasteiger partial charge in [-0.3, -0.25) is 9.59 Å². The number of likely N-dealkylation sites (tertiary alicyclic amines) is 1. The largest absolute Gasteiger partial charge is 0.490 e. The Kier molecular flexibility index (Phi) is 8.92. The lowest BCUT2D eigenvalue weighted by atomic mass is 9.88. The van der Waals surface area contributed by atoms with Crippen molar-refractivity contribution in [3.8, 4) is 5.75 Å². The molecule has 43 heavy (non-hydrogen) atoms. The van der Waals surface area contributed by atoms with Gasteiger partial charge < -0.3 is 34.1 Å². The molecule has 2 aliphatic carbocycles. The van der Waals surface area contributed by atoms with Gasteiger partial charge in [0.1, 0.15) is 23.5 Å². The van der Waals surface area contributed by atoms with Crippen LogP contribution in [0.15, 0.2) is 18.2 Å². The number of nitrogens with one attached hydrogen (secondary N) is 1. The monoisotopic (exact) mass is 599 g/mol. The summed E-state index contributed by atoms with van der Waals surface area (Å²) in [7, 11) is 2.60. The molecule has 1 spiro atoms. The van der Waals surface area contributed by atoms with Crippen LogP contribution in [-0.4, -0.2) is 91.4 Å². The van der Waals surface area contributed by atoms with Crippen LogP contribution in [0.1, 0.15) is 88.1 Å². The Morgan fingerprint density at radius 2 is 1.77 bits per heavy atom. The standard InChI is InChI=1S/C32H45N3O8/c1-31(2,3)43-30(39)34-14-10-20(11-15-34)19-33-21-16-23(17-21)42-22-6-7-25-24(18-22)28(37)35(32(25)12-13-32)26(29(38)41-5)8-9-27(36)40-4/h6-7,18,20-21,23,26,33H,8-17,19H2,1-5H3/t21-,23-,26?.